The molecule has 0 radical (unpaired) electrons. The Kier molecular flexibility index (Phi) is 5.14. The van der Waals surface area contributed by atoms with Gasteiger partial charge in [0, 0.05) is 11.3 Å². The summed E-state index contributed by atoms with van der Waals surface area (Å²) in [5.74, 6) is 1.46. The van der Waals surface area contributed by atoms with Crippen LogP contribution in [0.3, 0.4) is 0 Å². The molecular weight excluding hydrogens is 290 g/mol. The van der Waals surface area contributed by atoms with Crippen LogP contribution >= 0.6 is 23.1 Å². The molecule has 0 saturated heterocycles. The number of hydrogen-bond acceptors (Lipinski definition) is 5. The Balaban J connectivity index is 1.98. The fourth-order valence-electron chi connectivity index (χ4n) is 1.51. The predicted octanol–water partition coefficient (Wildman–Crippen LogP) is 3.85. The highest BCUT2D eigenvalue weighted by Crippen LogP contribution is 2.27. The number of nitrogens with one attached hydrogen (secondary N) is 1. The van der Waals surface area contributed by atoms with Gasteiger partial charge in [0.1, 0.15) is 0 Å². The van der Waals surface area contributed by atoms with Crippen LogP contribution in [0, 0.1) is 12.8 Å². The summed E-state index contributed by atoms with van der Waals surface area (Å²) in [5, 5.41) is 11.4. The number of nitrogens with zero attached hydrogens (tertiary/aromatic N) is 2. The number of hydrogen-bond donors (Lipinski definition) is 1. The van der Waals surface area contributed by atoms with E-state index in [9.17, 15) is 4.79 Å². The largest absolute Gasteiger partial charge is 0.296 e. The summed E-state index contributed by atoms with van der Waals surface area (Å²) >= 11 is 3.08. The van der Waals surface area contributed by atoms with Crippen LogP contribution in [0.1, 0.15) is 29.8 Å². The first-order valence-corrected chi connectivity index (χ1v) is 8.19. The maximum absolute atomic E-state index is 12.1. The smallest absolute Gasteiger partial charge is 0.257 e. The van der Waals surface area contributed by atoms with Gasteiger partial charge < -0.3 is 0 Å². The highest BCUT2D eigenvalue weighted by molar-refractivity contribution is 8.01. The Labute approximate surface area is 127 Å². The molecule has 2 rings (SSSR count). The summed E-state index contributed by atoms with van der Waals surface area (Å²) < 4.78 is 0.887. The van der Waals surface area contributed by atoms with Gasteiger partial charge in [-0.2, -0.15) is 0 Å². The molecule has 1 aromatic carbocycles. The van der Waals surface area contributed by atoms with Crippen LogP contribution in [-0.2, 0) is 0 Å². The number of thioether (sulfide) groups is 1. The first kappa shape index (κ1) is 15.0. The average Bonchev–Trinajstić information content (AvgIpc) is 2.84. The van der Waals surface area contributed by atoms with E-state index in [1.165, 1.54) is 11.3 Å². The van der Waals surface area contributed by atoms with E-state index in [1.807, 2.05) is 25.1 Å². The molecule has 0 atom stereocenters. The van der Waals surface area contributed by atoms with E-state index in [-0.39, 0.29) is 5.91 Å². The van der Waals surface area contributed by atoms with Crippen LogP contribution in [0.25, 0.3) is 0 Å². The lowest BCUT2D eigenvalue weighted by atomic mass is 10.1. The van der Waals surface area contributed by atoms with E-state index in [1.54, 1.807) is 17.8 Å². The molecule has 20 heavy (non-hydrogen) atoms. The minimum atomic E-state index is -0.148. The predicted molar refractivity (Wildman–Crippen MR) is 84.6 cm³/mol. The number of benzene rings is 1. The van der Waals surface area contributed by atoms with Crippen LogP contribution < -0.4 is 5.32 Å². The standard InChI is InChI=1S/C14H17N3OS2/c1-9(2)8-19-14-17-16-13(20-14)15-12(18)11-6-4-5-10(3)7-11/h4-7,9H,8H2,1-3H3,(H,15,16,18). The highest BCUT2D eigenvalue weighted by atomic mass is 32.2. The normalized spacial score (nSPS) is 10.8. The van der Waals surface area contributed by atoms with Crippen LogP contribution in [0.2, 0.25) is 0 Å². The fraction of sp³-hybridized carbons (Fsp3) is 0.357. The number of carbonyl (C=O) groups is 1. The summed E-state index contributed by atoms with van der Waals surface area (Å²) in [6, 6.07) is 7.47. The molecule has 2 aromatic rings. The summed E-state index contributed by atoms with van der Waals surface area (Å²) in [5.41, 5.74) is 1.69. The molecule has 1 aromatic heterocycles. The monoisotopic (exact) mass is 307 g/mol. The zero-order chi connectivity index (χ0) is 14.5. The molecule has 1 heterocycles. The Morgan fingerprint density at radius 3 is 2.90 bits per heavy atom. The molecule has 0 unspecified atom stereocenters. The molecular formula is C14H17N3OS2. The quantitative estimate of drug-likeness (QED) is 0.673. The van der Waals surface area contributed by atoms with Crippen LogP contribution in [0.4, 0.5) is 5.13 Å². The first-order valence-electron chi connectivity index (χ1n) is 6.39. The molecule has 1 N–H and O–H groups in total. The topological polar surface area (TPSA) is 54.9 Å². The maximum Gasteiger partial charge on any atom is 0.257 e. The summed E-state index contributed by atoms with van der Waals surface area (Å²) in [6.07, 6.45) is 0. The van der Waals surface area contributed by atoms with Crippen molar-refractivity contribution < 1.29 is 4.79 Å². The van der Waals surface area contributed by atoms with Gasteiger partial charge >= 0.3 is 0 Å². The summed E-state index contributed by atoms with van der Waals surface area (Å²) in [4.78, 5) is 12.1. The zero-order valence-electron chi connectivity index (χ0n) is 11.7. The third-order valence-electron chi connectivity index (χ3n) is 2.45. The minimum Gasteiger partial charge on any atom is -0.296 e. The van der Waals surface area contributed by atoms with Gasteiger partial charge in [-0.3, -0.25) is 10.1 Å². The highest BCUT2D eigenvalue weighted by Gasteiger charge is 2.10. The van der Waals surface area contributed by atoms with E-state index in [0.29, 0.717) is 16.6 Å². The molecule has 0 aliphatic carbocycles. The lowest BCUT2D eigenvalue weighted by Crippen LogP contribution is -2.11. The Morgan fingerprint density at radius 1 is 1.40 bits per heavy atom. The number of anilines is 1. The van der Waals surface area contributed by atoms with E-state index in [2.05, 4.69) is 29.4 Å². The Hall–Kier alpha value is -1.40. The van der Waals surface area contributed by atoms with E-state index in [0.717, 1.165) is 15.7 Å². The lowest BCUT2D eigenvalue weighted by molar-refractivity contribution is 0.102. The van der Waals surface area contributed by atoms with Gasteiger partial charge in [-0.05, 0) is 25.0 Å². The van der Waals surface area contributed by atoms with Crippen molar-refractivity contribution in [3.05, 3.63) is 35.4 Å². The molecule has 1 amide bonds. The SMILES string of the molecule is Cc1cccc(C(=O)Nc2nnc(SCC(C)C)s2)c1. The lowest BCUT2D eigenvalue weighted by Gasteiger charge is -2.01. The molecule has 0 fully saturated rings. The Morgan fingerprint density at radius 2 is 2.20 bits per heavy atom. The molecule has 0 aliphatic rings. The van der Waals surface area contributed by atoms with Crippen molar-refractivity contribution >= 4 is 34.1 Å². The number of rotatable bonds is 5. The van der Waals surface area contributed by atoms with Crippen LogP contribution in [0.15, 0.2) is 28.6 Å². The molecule has 106 valence electrons. The Bertz CT molecular complexity index is 596. The van der Waals surface area contributed by atoms with E-state index < -0.39 is 0 Å². The van der Waals surface area contributed by atoms with Gasteiger partial charge in [0.2, 0.25) is 5.13 Å². The van der Waals surface area contributed by atoms with Crippen molar-refractivity contribution in [2.75, 3.05) is 11.1 Å². The van der Waals surface area contributed by atoms with Gasteiger partial charge in [-0.1, -0.05) is 54.6 Å². The van der Waals surface area contributed by atoms with Crippen LogP contribution in [0.5, 0.6) is 0 Å². The summed E-state index contributed by atoms with van der Waals surface area (Å²) in [6.45, 7) is 6.28. The third kappa shape index (κ3) is 4.31. The number of carbonyl (C=O) groups excluding carboxylic acids is 1. The molecule has 0 bridgehead atoms. The van der Waals surface area contributed by atoms with E-state index in [4.69, 9.17) is 0 Å². The van der Waals surface area contributed by atoms with Gasteiger partial charge in [-0.25, -0.2) is 0 Å². The van der Waals surface area contributed by atoms with Gasteiger partial charge in [0.25, 0.3) is 5.91 Å². The zero-order valence-corrected chi connectivity index (χ0v) is 13.3. The number of aromatic nitrogens is 2. The van der Waals surface area contributed by atoms with E-state index >= 15 is 0 Å². The second-order valence-corrected chi connectivity index (χ2v) is 7.15. The molecule has 4 nitrogen and oxygen atoms in total. The van der Waals surface area contributed by atoms with Crippen molar-refractivity contribution in [3.63, 3.8) is 0 Å². The molecule has 0 spiro atoms. The second-order valence-electron chi connectivity index (χ2n) is 4.90. The average molecular weight is 307 g/mol. The third-order valence-corrected chi connectivity index (χ3v) is 4.85. The first-order chi connectivity index (χ1) is 9.54. The molecule has 0 saturated carbocycles. The summed E-state index contributed by atoms with van der Waals surface area (Å²) in [7, 11) is 0. The molecule has 0 aliphatic heterocycles. The second kappa shape index (κ2) is 6.85. The van der Waals surface area contributed by atoms with Gasteiger partial charge in [0.15, 0.2) is 4.34 Å². The van der Waals surface area contributed by atoms with Crippen molar-refractivity contribution in [1.29, 1.82) is 0 Å². The van der Waals surface area contributed by atoms with Crippen molar-refractivity contribution in [2.24, 2.45) is 5.92 Å². The van der Waals surface area contributed by atoms with Crippen molar-refractivity contribution in [3.8, 4) is 0 Å². The van der Waals surface area contributed by atoms with Crippen LogP contribution in [-0.4, -0.2) is 21.9 Å². The van der Waals surface area contributed by atoms with Gasteiger partial charge in [-0.15, -0.1) is 10.2 Å². The maximum atomic E-state index is 12.1. The van der Waals surface area contributed by atoms with Crippen molar-refractivity contribution in [2.45, 2.75) is 25.1 Å². The number of amides is 1. The number of aryl methyl sites for hydroxylation is 1. The fourth-order valence-corrected chi connectivity index (χ4v) is 3.24. The van der Waals surface area contributed by atoms with Crippen molar-refractivity contribution in [1.82, 2.24) is 10.2 Å². The minimum absolute atomic E-state index is 0.148. The molecule has 6 heteroatoms. The van der Waals surface area contributed by atoms with Gasteiger partial charge in [0.05, 0.1) is 0 Å².